The Balaban J connectivity index is 1.73. The van der Waals surface area contributed by atoms with Crippen LogP contribution in [0.15, 0.2) is 29.3 Å². The van der Waals surface area contributed by atoms with Crippen LogP contribution in [0.1, 0.15) is 18.4 Å². The summed E-state index contributed by atoms with van der Waals surface area (Å²) in [5, 5.41) is 11.8. The van der Waals surface area contributed by atoms with Gasteiger partial charge in [0.05, 0.1) is 17.2 Å². The highest BCUT2D eigenvalue weighted by Gasteiger charge is 2.16. The summed E-state index contributed by atoms with van der Waals surface area (Å²) in [6.07, 6.45) is 3.65. The summed E-state index contributed by atoms with van der Waals surface area (Å²) in [5.41, 5.74) is 2.10. The number of H-pyrrole nitrogens is 1. The summed E-state index contributed by atoms with van der Waals surface area (Å²) < 4.78 is 5.32. The van der Waals surface area contributed by atoms with Gasteiger partial charge >= 0.3 is 0 Å². The topological polar surface area (TPSA) is 67.0 Å². The highest BCUT2D eigenvalue weighted by atomic mass is 32.1. The normalized spacial score (nSPS) is 14.6. The van der Waals surface area contributed by atoms with Crippen LogP contribution in [0.25, 0.3) is 10.6 Å². The zero-order chi connectivity index (χ0) is 13.9. The van der Waals surface area contributed by atoms with Crippen molar-refractivity contribution in [3.63, 3.8) is 0 Å². The molecular weight excluding hydrogens is 274 g/mol. The Hall–Kier alpha value is -2.08. The summed E-state index contributed by atoms with van der Waals surface area (Å²) in [7, 11) is 0. The standard InChI is InChI=1S/C14H15N3O2S/c1-9-5-7-20-13(9)10-8-12(17-16-10)15-14(18)11-4-2-3-6-19-11/h4-5,7-8H,2-3,6H2,1H3,(H2,15,16,17,18). The number of allylic oxidation sites excluding steroid dienone is 1. The van der Waals surface area contributed by atoms with Crippen molar-refractivity contribution >= 4 is 23.1 Å². The van der Waals surface area contributed by atoms with Gasteiger partial charge in [-0.25, -0.2) is 0 Å². The second-order valence-corrected chi connectivity index (χ2v) is 5.53. The Bertz CT molecular complexity index is 657. The van der Waals surface area contributed by atoms with Gasteiger partial charge in [-0.3, -0.25) is 9.89 Å². The van der Waals surface area contributed by atoms with Crippen molar-refractivity contribution in [2.75, 3.05) is 11.9 Å². The molecule has 3 rings (SSSR count). The zero-order valence-electron chi connectivity index (χ0n) is 11.1. The van der Waals surface area contributed by atoms with Crippen molar-refractivity contribution in [1.82, 2.24) is 10.2 Å². The van der Waals surface area contributed by atoms with Gasteiger partial charge in [0.25, 0.3) is 5.91 Å². The van der Waals surface area contributed by atoms with Crippen LogP contribution in [0, 0.1) is 6.92 Å². The van der Waals surface area contributed by atoms with E-state index in [0.29, 0.717) is 18.2 Å². The summed E-state index contributed by atoms with van der Waals surface area (Å²) in [5.74, 6) is 0.645. The maximum absolute atomic E-state index is 12.0. The molecular formula is C14H15N3O2S. The number of hydrogen-bond acceptors (Lipinski definition) is 4. The maximum atomic E-state index is 12.0. The van der Waals surface area contributed by atoms with Crippen molar-refractivity contribution in [2.24, 2.45) is 0 Å². The Morgan fingerprint density at radius 2 is 2.45 bits per heavy atom. The van der Waals surface area contributed by atoms with E-state index in [1.807, 2.05) is 24.4 Å². The molecule has 0 atom stereocenters. The number of hydrogen-bond donors (Lipinski definition) is 2. The number of ether oxygens (including phenoxy) is 1. The lowest BCUT2D eigenvalue weighted by molar-refractivity contribution is -0.116. The highest BCUT2D eigenvalue weighted by molar-refractivity contribution is 7.13. The number of amides is 1. The zero-order valence-corrected chi connectivity index (χ0v) is 11.9. The van der Waals surface area contributed by atoms with Crippen LogP contribution >= 0.6 is 11.3 Å². The molecule has 2 aromatic heterocycles. The Labute approximate surface area is 120 Å². The molecule has 0 aliphatic carbocycles. The van der Waals surface area contributed by atoms with Crippen LogP contribution in [-0.4, -0.2) is 22.7 Å². The van der Waals surface area contributed by atoms with E-state index < -0.39 is 0 Å². The number of nitrogens with zero attached hydrogens (tertiary/aromatic N) is 1. The smallest absolute Gasteiger partial charge is 0.291 e. The number of thiophene rings is 1. The lowest BCUT2D eigenvalue weighted by atomic mass is 10.2. The third kappa shape index (κ3) is 2.60. The van der Waals surface area contributed by atoms with Gasteiger partial charge in [-0.05, 0) is 42.9 Å². The number of nitrogens with one attached hydrogen (secondary N) is 2. The molecule has 5 nitrogen and oxygen atoms in total. The van der Waals surface area contributed by atoms with E-state index in [1.54, 1.807) is 11.3 Å². The molecule has 6 heteroatoms. The van der Waals surface area contributed by atoms with Crippen molar-refractivity contribution in [3.8, 4) is 10.6 Å². The fraction of sp³-hybridized carbons (Fsp3) is 0.286. The average molecular weight is 289 g/mol. The molecule has 3 heterocycles. The minimum absolute atomic E-state index is 0.245. The molecule has 1 aliphatic heterocycles. The predicted octanol–water partition coefficient (Wildman–Crippen LogP) is 3.08. The average Bonchev–Trinajstić information content (AvgIpc) is 3.08. The largest absolute Gasteiger partial charge is 0.488 e. The fourth-order valence-electron chi connectivity index (χ4n) is 2.04. The van der Waals surface area contributed by atoms with Crippen LogP contribution in [0.3, 0.4) is 0 Å². The van der Waals surface area contributed by atoms with E-state index in [0.717, 1.165) is 23.4 Å². The van der Waals surface area contributed by atoms with Gasteiger partial charge in [0.2, 0.25) is 0 Å². The SMILES string of the molecule is Cc1ccsc1-c1cc(NC(=O)C2=CCCCO2)n[nH]1. The minimum Gasteiger partial charge on any atom is -0.488 e. The third-order valence-corrected chi connectivity index (χ3v) is 4.14. The Kier molecular flexibility index (Phi) is 3.56. The highest BCUT2D eigenvalue weighted by Crippen LogP contribution is 2.28. The molecule has 0 saturated carbocycles. The van der Waals surface area contributed by atoms with E-state index in [4.69, 9.17) is 4.74 Å². The Morgan fingerprint density at radius 1 is 1.55 bits per heavy atom. The molecule has 1 aliphatic rings. The van der Waals surface area contributed by atoms with Gasteiger partial charge in [0.15, 0.2) is 11.6 Å². The molecule has 0 radical (unpaired) electrons. The van der Waals surface area contributed by atoms with Crippen LogP contribution < -0.4 is 5.32 Å². The van der Waals surface area contributed by atoms with E-state index in [-0.39, 0.29) is 5.91 Å². The molecule has 0 spiro atoms. The lowest BCUT2D eigenvalue weighted by Crippen LogP contribution is -2.19. The molecule has 0 saturated heterocycles. The summed E-state index contributed by atoms with van der Waals surface area (Å²) >= 11 is 1.64. The van der Waals surface area contributed by atoms with Crippen molar-refractivity contribution in [1.29, 1.82) is 0 Å². The summed E-state index contributed by atoms with van der Waals surface area (Å²) in [6, 6.07) is 3.89. The first-order valence-electron chi connectivity index (χ1n) is 6.48. The number of carbonyl (C=O) groups excluding carboxylic acids is 1. The quantitative estimate of drug-likeness (QED) is 0.912. The predicted molar refractivity (Wildman–Crippen MR) is 78.5 cm³/mol. The number of aryl methyl sites for hydroxylation is 1. The molecule has 2 N–H and O–H groups in total. The molecule has 104 valence electrons. The van der Waals surface area contributed by atoms with Crippen LogP contribution in [0.5, 0.6) is 0 Å². The molecule has 0 fully saturated rings. The number of carbonyl (C=O) groups is 1. The second-order valence-electron chi connectivity index (χ2n) is 4.61. The summed E-state index contributed by atoms with van der Waals surface area (Å²) in [6.45, 7) is 2.64. The Morgan fingerprint density at radius 3 is 3.15 bits per heavy atom. The van der Waals surface area contributed by atoms with Gasteiger partial charge < -0.3 is 10.1 Å². The maximum Gasteiger partial charge on any atom is 0.291 e. The van der Waals surface area contributed by atoms with E-state index >= 15 is 0 Å². The number of anilines is 1. The molecule has 0 unspecified atom stereocenters. The first-order chi connectivity index (χ1) is 9.74. The first kappa shape index (κ1) is 12.9. The van der Waals surface area contributed by atoms with Crippen molar-refractivity contribution < 1.29 is 9.53 Å². The fourth-order valence-corrected chi connectivity index (χ4v) is 2.94. The lowest BCUT2D eigenvalue weighted by Gasteiger charge is -2.13. The van der Waals surface area contributed by atoms with Crippen molar-refractivity contribution in [3.05, 3.63) is 34.9 Å². The van der Waals surface area contributed by atoms with Crippen LogP contribution in [0.4, 0.5) is 5.82 Å². The van der Waals surface area contributed by atoms with Gasteiger partial charge in [-0.1, -0.05) is 0 Å². The second kappa shape index (κ2) is 5.50. The van der Waals surface area contributed by atoms with E-state index in [2.05, 4.69) is 21.6 Å². The summed E-state index contributed by atoms with van der Waals surface area (Å²) in [4.78, 5) is 13.1. The van der Waals surface area contributed by atoms with Gasteiger partial charge in [0, 0.05) is 6.07 Å². The number of rotatable bonds is 3. The third-order valence-electron chi connectivity index (χ3n) is 3.09. The molecule has 2 aromatic rings. The van der Waals surface area contributed by atoms with Crippen LogP contribution in [-0.2, 0) is 9.53 Å². The number of aromatic nitrogens is 2. The van der Waals surface area contributed by atoms with Gasteiger partial charge in [0.1, 0.15) is 0 Å². The van der Waals surface area contributed by atoms with E-state index in [1.165, 1.54) is 5.56 Å². The minimum atomic E-state index is -0.245. The van der Waals surface area contributed by atoms with Gasteiger partial charge in [-0.15, -0.1) is 11.3 Å². The molecule has 0 aromatic carbocycles. The monoisotopic (exact) mass is 289 g/mol. The van der Waals surface area contributed by atoms with Gasteiger partial charge in [-0.2, -0.15) is 5.10 Å². The van der Waals surface area contributed by atoms with Crippen molar-refractivity contribution in [2.45, 2.75) is 19.8 Å². The first-order valence-corrected chi connectivity index (χ1v) is 7.36. The van der Waals surface area contributed by atoms with Crippen LogP contribution in [0.2, 0.25) is 0 Å². The number of aromatic amines is 1. The molecule has 20 heavy (non-hydrogen) atoms. The molecule has 0 bridgehead atoms. The van der Waals surface area contributed by atoms with E-state index in [9.17, 15) is 4.79 Å². The molecule has 1 amide bonds.